The van der Waals surface area contributed by atoms with Gasteiger partial charge in [0.05, 0.1) is 0 Å². The second kappa shape index (κ2) is 5.11. The van der Waals surface area contributed by atoms with Gasteiger partial charge in [-0.3, -0.25) is 4.79 Å². The number of fused-ring (bicyclic) bond motifs is 1. The minimum absolute atomic E-state index is 0.0106. The average Bonchev–Trinajstić information content (AvgIpc) is 3.05. The quantitative estimate of drug-likeness (QED) is 0.933. The highest BCUT2D eigenvalue weighted by Crippen LogP contribution is 2.51. The lowest BCUT2D eigenvalue weighted by molar-refractivity contribution is -0.150. The van der Waals surface area contributed by atoms with Crippen LogP contribution in [0.2, 0.25) is 0 Å². The van der Waals surface area contributed by atoms with Crippen molar-refractivity contribution in [1.29, 1.82) is 0 Å². The lowest BCUT2D eigenvalue weighted by Gasteiger charge is -2.28. The third-order valence-corrected chi connectivity index (χ3v) is 5.71. The monoisotopic (exact) mass is 299 g/mol. The summed E-state index contributed by atoms with van der Waals surface area (Å²) in [7, 11) is 0. The van der Waals surface area contributed by atoms with E-state index in [4.69, 9.17) is 0 Å². The van der Waals surface area contributed by atoms with Crippen LogP contribution in [0.4, 0.5) is 0 Å². The summed E-state index contributed by atoms with van der Waals surface area (Å²) in [6, 6.07) is 9.68. The number of aliphatic carboxylic acids is 1. The molecule has 1 aromatic carbocycles. The maximum atomic E-state index is 12.9. The Kier molecular flexibility index (Phi) is 3.21. The van der Waals surface area contributed by atoms with Gasteiger partial charge < -0.3 is 10.0 Å². The summed E-state index contributed by atoms with van der Waals surface area (Å²) in [6.07, 6.45) is 4.68. The zero-order valence-corrected chi connectivity index (χ0v) is 12.5. The van der Waals surface area contributed by atoms with E-state index in [1.165, 1.54) is 5.56 Å². The Balaban J connectivity index is 1.53. The first-order chi connectivity index (χ1) is 10.7. The van der Waals surface area contributed by atoms with Gasteiger partial charge in [0.1, 0.15) is 6.04 Å². The molecule has 1 heterocycles. The van der Waals surface area contributed by atoms with Crippen LogP contribution in [0, 0.1) is 11.8 Å². The summed E-state index contributed by atoms with van der Waals surface area (Å²) in [5.41, 5.74) is 1.20. The third kappa shape index (κ3) is 2.13. The van der Waals surface area contributed by atoms with Gasteiger partial charge in [0, 0.05) is 12.0 Å². The highest BCUT2D eigenvalue weighted by atomic mass is 16.4. The van der Waals surface area contributed by atoms with Crippen molar-refractivity contribution in [3.63, 3.8) is 0 Å². The lowest BCUT2D eigenvalue weighted by atomic mass is 10.0. The van der Waals surface area contributed by atoms with Crippen LogP contribution in [0.3, 0.4) is 0 Å². The lowest BCUT2D eigenvalue weighted by Crippen LogP contribution is -2.45. The van der Waals surface area contributed by atoms with Crippen LogP contribution in [-0.2, 0) is 9.59 Å². The zero-order valence-electron chi connectivity index (χ0n) is 12.5. The fourth-order valence-electron chi connectivity index (χ4n) is 4.55. The summed E-state index contributed by atoms with van der Waals surface area (Å²) < 4.78 is 0. The molecule has 4 rings (SSSR count). The Hall–Kier alpha value is -1.84. The summed E-state index contributed by atoms with van der Waals surface area (Å²) in [5.74, 6) is -0.0820. The largest absolute Gasteiger partial charge is 0.480 e. The van der Waals surface area contributed by atoms with Gasteiger partial charge in [-0.1, -0.05) is 36.8 Å². The Morgan fingerprint density at radius 2 is 1.86 bits per heavy atom. The van der Waals surface area contributed by atoms with Crippen molar-refractivity contribution in [2.24, 2.45) is 11.8 Å². The maximum Gasteiger partial charge on any atom is 0.326 e. The molecule has 0 radical (unpaired) electrons. The van der Waals surface area contributed by atoms with Crippen molar-refractivity contribution in [1.82, 2.24) is 4.90 Å². The minimum atomic E-state index is -0.834. The van der Waals surface area contributed by atoms with E-state index in [1.807, 2.05) is 18.2 Å². The molecule has 1 N–H and O–H groups in total. The number of hydrogen-bond donors (Lipinski definition) is 1. The van der Waals surface area contributed by atoms with Crippen molar-refractivity contribution in [2.45, 2.75) is 50.1 Å². The standard InChI is InChI=1S/C18H21NO3/c20-17(14-10-13(14)11-5-2-1-3-6-11)19-15-8-4-7-12(15)9-16(19)18(21)22/h1-3,5-6,12-16H,4,7-10H2,(H,21,22)/t12-,13?,14?,15-,16-/m0/s1. The van der Waals surface area contributed by atoms with E-state index in [0.717, 1.165) is 25.7 Å². The Morgan fingerprint density at radius 3 is 2.59 bits per heavy atom. The molecule has 5 atom stereocenters. The number of likely N-dealkylation sites (tertiary alicyclic amines) is 1. The molecular formula is C18H21NO3. The molecule has 0 spiro atoms. The SMILES string of the molecule is O=C(O)[C@@H]1C[C@@H]2CCC[C@@H]2N1C(=O)C1CC1c1ccccc1. The molecule has 1 aromatic rings. The van der Waals surface area contributed by atoms with E-state index in [1.54, 1.807) is 4.90 Å². The Bertz CT molecular complexity index is 600. The molecule has 1 amide bonds. The second-order valence-corrected chi connectivity index (χ2v) is 6.95. The molecule has 3 aliphatic rings. The summed E-state index contributed by atoms with van der Waals surface area (Å²) in [4.78, 5) is 26.2. The number of carbonyl (C=O) groups excluding carboxylic acids is 1. The van der Waals surface area contributed by atoms with Crippen LogP contribution >= 0.6 is 0 Å². The van der Waals surface area contributed by atoms with Gasteiger partial charge in [0.15, 0.2) is 0 Å². The third-order valence-electron chi connectivity index (χ3n) is 5.71. The summed E-state index contributed by atoms with van der Waals surface area (Å²) >= 11 is 0. The molecule has 1 aliphatic heterocycles. The normalized spacial score (nSPS) is 36.2. The van der Waals surface area contributed by atoms with Crippen LogP contribution in [0.15, 0.2) is 30.3 Å². The molecule has 116 valence electrons. The fourth-order valence-corrected chi connectivity index (χ4v) is 4.55. The smallest absolute Gasteiger partial charge is 0.326 e. The zero-order chi connectivity index (χ0) is 15.3. The van der Waals surface area contributed by atoms with E-state index in [-0.39, 0.29) is 23.8 Å². The van der Waals surface area contributed by atoms with E-state index in [0.29, 0.717) is 12.3 Å². The predicted octanol–water partition coefficient (Wildman–Crippen LogP) is 2.64. The van der Waals surface area contributed by atoms with E-state index < -0.39 is 12.0 Å². The van der Waals surface area contributed by atoms with Crippen LogP contribution in [-0.4, -0.2) is 34.0 Å². The number of carbonyl (C=O) groups is 2. The minimum Gasteiger partial charge on any atom is -0.480 e. The molecule has 1 saturated heterocycles. The number of carboxylic acid groups (broad SMARTS) is 1. The predicted molar refractivity (Wildman–Crippen MR) is 81.3 cm³/mol. The number of amides is 1. The molecule has 3 fully saturated rings. The van der Waals surface area contributed by atoms with Crippen molar-refractivity contribution < 1.29 is 14.7 Å². The number of carboxylic acids is 1. The van der Waals surface area contributed by atoms with Gasteiger partial charge in [-0.2, -0.15) is 0 Å². The number of rotatable bonds is 3. The van der Waals surface area contributed by atoms with E-state index >= 15 is 0 Å². The average molecular weight is 299 g/mol. The second-order valence-electron chi connectivity index (χ2n) is 6.95. The fraction of sp³-hybridized carbons (Fsp3) is 0.556. The molecule has 2 aliphatic carbocycles. The van der Waals surface area contributed by atoms with Gasteiger partial charge >= 0.3 is 5.97 Å². The molecule has 22 heavy (non-hydrogen) atoms. The van der Waals surface area contributed by atoms with Crippen molar-refractivity contribution in [2.75, 3.05) is 0 Å². The number of benzene rings is 1. The van der Waals surface area contributed by atoms with Crippen molar-refractivity contribution >= 4 is 11.9 Å². The summed E-state index contributed by atoms with van der Waals surface area (Å²) in [5, 5.41) is 9.48. The first-order valence-corrected chi connectivity index (χ1v) is 8.26. The van der Waals surface area contributed by atoms with Crippen LogP contribution in [0.25, 0.3) is 0 Å². The van der Waals surface area contributed by atoms with E-state index in [2.05, 4.69) is 12.1 Å². The van der Waals surface area contributed by atoms with Gasteiger partial charge in [-0.15, -0.1) is 0 Å². The molecular weight excluding hydrogens is 278 g/mol. The van der Waals surface area contributed by atoms with Crippen molar-refractivity contribution in [3.8, 4) is 0 Å². The molecule has 0 aromatic heterocycles. The van der Waals surface area contributed by atoms with Crippen LogP contribution in [0.5, 0.6) is 0 Å². The topological polar surface area (TPSA) is 57.6 Å². The van der Waals surface area contributed by atoms with Gasteiger partial charge in [0.25, 0.3) is 0 Å². The first kappa shape index (κ1) is 13.8. The van der Waals surface area contributed by atoms with Crippen LogP contribution in [0.1, 0.15) is 43.6 Å². The number of hydrogen-bond acceptors (Lipinski definition) is 2. The van der Waals surface area contributed by atoms with E-state index in [9.17, 15) is 14.7 Å². The van der Waals surface area contributed by atoms with Gasteiger partial charge in [-0.25, -0.2) is 4.79 Å². The maximum absolute atomic E-state index is 12.9. The Labute approximate surface area is 130 Å². The highest BCUT2D eigenvalue weighted by Gasteiger charge is 2.54. The van der Waals surface area contributed by atoms with Gasteiger partial charge in [-0.05, 0) is 43.1 Å². The molecule has 4 nitrogen and oxygen atoms in total. The summed E-state index contributed by atoms with van der Waals surface area (Å²) in [6.45, 7) is 0. The first-order valence-electron chi connectivity index (χ1n) is 8.26. The highest BCUT2D eigenvalue weighted by molar-refractivity contribution is 5.88. The molecule has 2 saturated carbocycles. The molecule has 4 heteroatoms. The molecule has 2 unspecified atom stereocenters. The van der Waals surface area contributed by atoms with Gasteiger partial charge in [0.2, 0.25) is 5.91 Å². The number of nitrogens with zero attached hydrogens (tertiary/aromatic N) is 1. The van der Waals surface area contributed by atoms with Crippen LogP contribution < -0.4 is 0 Å². The molecule has 0 bridgehead atoms. The Morgan fingerprint density at radius 1 is 1.09 bits per heavy atom. The van der Waals surface area contributed by atoms with Crippen molar-refractivity contribution in [3.05, 3.63) is 35.9 Å².